The van der Waals surface area contributed by atoms with E-state index in [4.69, 9.17) is 0 Å². The minimum Gasteiger partial charge on any atom is -0.339 e. The topological polar surface area (TPSA) is 69.7 Å². The third-order valence-electron chi connectivity index (χ3n) is 5.14. The molecule has 2 fully saturated rings. The molecule has 1 atom stereocenters. The fourth-order valence-electron chi connectivity index (χ4n) is 3.71. The van der Waals surface area contributed by atoms with Gasteiger partial charge in [-0.05, 0) is 50.8 Å². The van der Waals surface area contributed by atoms with E-state index in [0.29, 0.717) is 18.5 Å². The Morgan fingerprint density at radius 2 is 1.81 bits per heavy atom. The Morgan fingerprint density at radius 1 is 1.08 bits per heavy atom. The predicted octanol–water partition coefficient (Wildman–Crippen LogP) is 2.93. The van der Waals surface area contributed by atoms with E-state index in [2.05, 4.69) is 5.32 Å². The molecule has 1 N–H and O–H groups in total. The van der Waals surface area contributed by atoms with Gasteiger partial charge in [0.2, 0.25) is 17.7 Å². The van der Waals surface area contributed by atoms with Crippen molar-refractivity contribution in [1.29, 1.82) is 0 Å². The first kappa shape index (κ1) is 18.4. The molecule has 26 heavy (non-hydrogen) atoms. The van der Waals surface area contributed by atoms with Crippen molar-refractivity contribution < 1.29 is 14.4 Å². The number of carbonyl (C=O) groups is 3. The van der Waals surface area contributed by atoms with Gasteiger partial charge in [0, 0.05) is 49.8 Å². The maximum atomic E-state index is 12.4. The molecule has 2 aliphatic heterocycles. The molecule has 0 saturated carbocycles. The quantitative estimate of drug-likeness (QED) is 0.881. The van der Waals surface area contributed by atoms with Crippen molar-refractivity contribution in [1.82, 2.24) is 4.90 Å². The van der Waals surface area contributed by atoms with Crippen molar-refractivity contribution in [2.24, 2.45) is 0 Å². The summed E-state index contributed by atoms with van der Waals surface area (Å²) in [4.78, 5) is 40.1. The number of nitrogens with one attached hydrogen (secondary N) is 1. The summed E-state index contributed by atoms with van der Waals surface area (Å²) in [5, 5.41) is 2.91. The number of anilines is 2. The highest BCUT2D eigenvalue weighted by atomic mass is 16.2. The van der Waals surface area contributed by atoms with Crippen LogP contribution in [0.2, 0.25) is 0 Å². The normalized spacial score (nSPS) is 19.4. The summed E-state index contributed by atoms with van der Waals surface area (Å²) in [7, 11) is 0. The molecule has 2 aliphatic rings. The van der Waals surface area contributed by atoms with Crippen molar-refractivity contribution in [2.45, 2.75) is 57.9 Å². The van der Waals surface area contributed by atoms with Crippen LogP contribution in [0, 0.1) is 0 Å². The Kier molecular flexibility index (Phi) is 5.91. The van der Waals surface area contributed by atoms with Crippen LogP contribution in [0.3, 0.4) is 0 Å². The van der Waals surface area contributed by atoms with Crippen LogP contribution in [0.4, 0.5) is 11.4 Å². The Hall–Kier alpha value is -2.37. The molecular formula is C20H27N3O3. The van der Waals surface area contributed by atoms with Crippen molar-refractivity contribution in [3.8, 4) is 0 Å². The highest BCUT2D eigenvalue weighted by molar-refractivity contribution is 5.96. The number of likely N-dealkylation sites (tertiary alicyclic amines) is 1. The van der Waals surface area contributed by atoms with Gasteiger partial charge in [0.25, 0.3) is 0 Å². The monoisotopic (exact) mass is 357 g/mol. The fraction of sp³-hybridized carbons (Fsp3) is 0.550. The maximum Gasteiger partial charge on any atom is 0.226 e. The Labute approximate surface area is 154 Å². The smallest absolute Gasteiger partial charge is 0.226 e. The average Bonchev–Trinajstić information content (AvgIpc) is 2.62. The number of carbonyl (C=O) groups excluding carboxylic acids is 3. The van der Waals surface area contributed by atoms with Crippen molar-refractivity contribution in [3.05, 3.63) is 24.3 Å². The van der Waals surface area contributed by atoms with Crippen LogP contribution in [0.1, 0.15) is 51.9 Å². The van der Waals surface area contributed by atoms with Gasteiger partial charge in [-0.25, -0.2) is 0 Å². The predicted molar refractivity (Wildman–Crippen MR) is 101 cm³/mol. The van der Waals surface area contributed by atoms with Gasteiger partial charge in [-0.1, -0.05) is 6.07 Å². The number of amides is 3. The van der Waals surface area contributed by atoms with E-state index in [9.17, 15) is 14.4 Å². The van der Waals surface area contributed by atoms with E-state index in [1.165, 1.54) is 0 Å². The van der Waals surface area contributed by atoms with E-state index < -0.39 is 0 Å². The summed E-state index contributed by atoms with van der Waals surface area (Å²) >= 11 is 0. The molecular weight excluding hydrogens is 330 g/mol. The number of hydrogen-bond acceptors (Lipinski definition) is 3. The standard InChI is InChI=1S/C20H27N3O3/c1-15(22-11-4-2-9-19(22)25)13-18(24)21-16-7-6-8-17(14-16)23-12-5-3-10-20(23)26/h6-8,14-15H,2-5,9-13H2,1H3,(H,21,24)/t15-/m1/s1. The summed E-state index contributed by atoms with van der Waals surface area (Å²) in [6, 6.07) is 7.32. The van der Waals surface area contributed by atoms with E-state index in [1.54, 1.807) is 4.90 Å². The van der Waals surface area contributed by atoms with Crippen LogP contribution in [0.5, 0.6) is 0 Å². The molecule has 140 valence electrons. The number of hydrogen-bond donors (Lipinski definition) is 1. The van der Waals surface area contributed by atoms with Gasteiger partial charge in [-0.15, -0.1) is 0 Å². The molecule has 1 aromatic carbocycles. The zero-order valence-electron chi connectivity index (χ0n) is 15.4. The fourth-order valence-corrected chi connectivity index (χ4v) is 3.71. The third-order valence-corrected chi connectivity index (χ3v) is 5.14. The number of benzene rings is 1. The van der Waals surface area contributed by atoms with E-state index in [1.807, 2.05) is 36.1 Å². The second-order valence-electron chi connectivity index (χ2n) is 7.20. The van der Waals surface area contributed by atoms with Crippen LogP contribution >= 0.6 is 0 Å². The van der Waals surface area contributed by atoms with Crippen LogP contribution in [0.15, 0.2) is 24.3 Å². The molecule has 0 radical (unpaired) electrons. The molecule has 0 bridgehead atoms. The second-order valence-corrected chi connectivity index (χ2v) is 7.20. The largest absolute Gasteiger partial charge is 0.339 e. The molecule has 6 nitrogen and oxygen atoms in total. The molecule has 6 heteroatoms. The summed E-state index contributed by atoms with van der Waals surface area (Å²) in [5.41, 5.74) is 1.51. The molecule has 3 rings (SSSR count). The van der Waals surface area contributed by atoms with E-state index in [-0.39, 0.29) is 30.2 Å². The summed E-state index contributed by atoms with van der Waals surface area (Å²) in [5.74, 6) is 0.164. The zero-order chi connectivity index (χ0) is 18.5. The highest BCUT2D eigenvalue weighted by Crippen LogP contribution is 2.24. The minimum atomic E-state index is -0.113. The Balaban J connectivity index is 1.59. The highest BCUT2D eigenvalue weighted by Gasteiger charge is 2.25. The number of piperidine rings is 2. The molecule has 2 heterocycles. The molecule has 0 spiro atoms. The van der Waals surface area contributed by atoms with Crippen LogP contribution in [-0.4, -0.2) is 41.8 Å². The van der Waals surface area contributed by atoms with E-state index >= 15 is 0 Å². The lowest BCUT2D eigenvalue weighted by Crippen LogP contribution is -2.43. The van der Waals surface area contributed by atoms with Gasteiger partial charge in [0.05, 0.1) is 0 Å². The second kappa shape index (κ2) is 8.34. The van der Waals surface area contributed by atoms with Crippen LogP contribution in [-0.2, 0) is 14.4 Å². The lowest BCUT2D eigenvalue weighted by atomic mass is 10.1. The van der Waals surface area contributed by atoms with Gasteiger partial charge in [0.1, 0.15) is 0 Å². The van der Waals surface area contributed by atoms with Crippen LogP contribution in [0.25, 0.3) is 0 Å². The Bertz CT molecular complexity index is 689. The molecule has 0 unspecified atom stereocenters. The molecule has 3 amide bonds. The molecule has 0 aliphatic carbocycles. The maximum absolute atomic E-state index is 12.4. The van der Waals surface area contributed by atoms with Crippen LogP contribution < -0.4 is 10.2 Å². The van der Waals surface area contributed by atoms with Crippen molar-refractivity contribution in [2.75, 3.05) is 23.3 Å². The number of nitrogens with zero attached hydrogens (tertiary/aromatic N) is 2. The zero-order valence-corrected chi connectivity index (χ0v) is 15.4. The minimum absolute atomic E-state index is 0.102. The first-order valence-electron chi connectivity index (χ1n) is 9.54. The average molecular weight is 357 g/mol. The summed E-state index contributed by atoms with van der Waals surface area (Å²) in [6.07, 6.45) is 5.33. The first-order valence-corrected chi connectivity index (χ1v) is 9.54. The lowest BCUT2D eigenvalue weighted by Gasteiger charge is -2.32. The van der Waals surface area contributed by atoms with E-state index in [0.717, 1.165) is 44.5 Å². The van der Waals surface area contributed by atoms with Gasteiger partial charge >= 0.3 is 0 Å². The summed E-state index contributed by atoms with van der Waals surface area (Å²) in [6.45, 7) is 3.38. The molecule has 1 aromatic rings. The first-order chi connectivity index (χ1) is 12.5. The van der Waals surface area contributed by atoms with Gasteiger partial charge in [0.15, 0.2) is 0 Å². The molecule has 2 saturated heterocycles. The number of rotatable bonds is 5. The lowest BCUT2D eigenvalue weighted by molar-refractivity contribution is -0.136. The summed E-state index contributed by atoms with van der Waals surface area (Å²) < 4.78 is 0. The van der Waals surface area contributed by atoms with Gasteiger partial charge < -0.3 is 15.1 Å². The SMILES string of the molecule is C[C@H](CC(=O)Nc1cccc(N2CCCCC2=O)c1)N1CCCCC1=O. The third kappa shape index (κ3) is 4.42. The van der Waals surface area contributed by atoms with Crippen molar-refractivity contribution >= 4 is 29.1 Å². The molecule has 0 aromatic heterocycles. The Morgan fingerprint density at radius 3 is 2.54 bits per heavy atom. The van der Waals surface area contributed by atoms with Gasteiger partial charge in [-0.3, -0.25) is 14.4 Å². The van der Waals surface area contributed by atoms with Gasteiger partial charge in [-0.2, -0.15) is 0 Å². The van der Waals surface area contributed by atoms with Crippen molar-refractivity contribution in [3.63, 3.8) is 0 Å².